The van der Waals surface area contributed by atoms with Gasteiger partial charge in [-0.1, -0.05) is 42.5 Å². The lowest BCUT2D eigenvalue weighted by Gasteiger charge is -2.37. The van der Waals surface area contributed by atoms with Crippen LogP contribution in [-0.2, 0) is 26.4 Å². The summed E-state index contributed by atoms with van der Waals surface area (Å²) in [5, 5.41) is -0.697. The van der Waals surface area contributed by atoms with Crippen molar-refractivity contribution in [2.45, 2.75) is 42.6 Å². The normalized spacial score (nSPS) is 21.1. The van der Waals surface area contributed by atoms with Gasteiger partial charge in [0.1, 0.15) is 11.1 Å². The summed E-state index contributed by atoms with van der Waals surface area (Å²) < 4.78 is 66.4. The molecule has 3 aromatic rings. The lowest BCUT2D eigenvalue weighted by Crippen LogP contribution is -2.44. The molecule has 1 fully saturated rings. The van der Waals surface area contributed by atoms with Gasteiger partial charge in [-0.05, 0) is 49.1 Å². The van der Waals surface area contributed by atoms with Gasteiger partial charge in [0.25, 0.3) is 0 Å². The number of nitrogens with zero attached hydrogens (tertiary/aromatic N) is 2. The average Bonchev–Trinajstić information content (AvgIpc) is 2.77. The maximum atomic E-state index is 15.0. The molecular formula is C24H25FN2O4S2. The zero-order valence-electron chi connectivity index (χ0n) is 18.3. The predicted octanol–water partition coefficient (Wildman–Crippen LogP) is 4.35. The fourth-order valence-corrected chi connectivity index (χ4v) is 6.89. The van der Waals surface area contributed by atoms with Crippen LogP contribution in [0, 0.1) is 5.82 Å². The molecule has 0 N–H and O–H groups in total. The molecule has 0 radical (unpaired) electrons. The second-order valence-electron chi connectivity index (χ2n) is 8.38. The highest BCUT2D eigenvalue weighted by Crippen LogP contribution is 2.38. The Morgan fingerprint density at radius 1 is 1.03 bits per heavy atom. The van der Waals surface area contributed by atoms with Crippen LogP contribution in [-0.4, -0.2) is 38.4 Å². The van der Waals surface area contributed by atoms with Gasteiger partial charge in [-0.2, -0.15) is 4.31 Å². The third kappa shape index (κ3) is 4.85. The fourth-order valence-electron chi connectivity index (χ4n) is 4.15. The summed E-state index contributed by atoms with van der Waals surface area (Å²) in [6.07, 6.45) is 3.67. The van der Waals surface area contributed by atoms with Crippen molar-refractivity contribution < 1.29 is 21.2 Å². The smallest absolute Gasteiger partial charge is 0.221 e. The first-order valence-corrected chi connectivity index (χ1v) is 14.0. The Kier molecular flexibility index (Phi) is 6.39. The number of hydrogen-bond donors (Lipinski definition) is 0. The molecule has 174 valence electrons. The molecule has 1 aliphatic heterocycles. The van der Waals surface area contributed by atoms with E-state index in [1.54, 1.807) is 18.2 Å². The highest BCUT2D eigenvalue weighted by atomic mass is 32.2. The summed E-state index contributed by atoms with van der Waals surface area (Å²) in [6, 6.07) is 16.4. The lowest BCUT2D eigenvalue weighted by molar-refractivity contribution is 0.279. The maximum absolute atomic E-state index is 15.0. The third-order valence-electron chi connectivity index (χ3n) is 6.02. The Morgan fingerprint density at radius 3 is 2.33 bits per heavy atom. The molecule has 2 heterocycles. The Hall–Kier alpha value is -2.62. The van der Waals surface area contributed by atoms with Gasteiger partial charge in [0.2, 0.25) is 10.0 Å². The molecule has 0 spiro atoms. The van der Waals surface area contributed by atoms with E-state index in [9.17, 15) is 16.8 Å². The van der Waals surface area contributed by atoms with Gasteiger partial charge in [0.05, 0.1) is 0 Å². The van der Waals surface area contributed by atoms with Crippen LogP contribution in [0.2, 0.25) is 0 Å². The second kappa shape index (κ2) is 8.96. The SMILES string of the molecule is C[C@H]1CCC(c2ccccc2)S(=O)(=O)N1Cc1ccc(-c2ccc(S(C)(=O)=O)nc2)cc1F. The molecule has 6 nitrogen and oxygen atoms in total. The standard InChI is InChI=1S/C24H25FN2O4S2/c1-17-8-12-23(18-6-4-3-5-7-18)33(30,31)27(17)16-21-10-9-19(14-22(21)25)20-11-13-24(26-15-20)32(2,28)29/h3-7,9-11,13-15,17,23H,8,12,16H2,1-2H3/t17-,23?/m0/s1. The predicted molar refractivity (Wildman–Crippen MR) is 125 cm³/mol. The summed E-state index contributed by atoms with van der Waals surface area (Å²) in [7, 11) is -7.08. The first-order chi connectivity index (χ1) is 15.6. The maximum Gasteiger partial charge on any atom is 0.221 e. The zero-order valence-corrected chi connectivity index (χ0v) is 20.0. The number of hydrogen-bond acceptors (Lipinski definition) is 5. The molecule has 1 aliphatic rings. The van der Waals surface area contributed by atoms with Gasteiger partial charge in [0, 0.05) is 36.2 Å². The van der Waals surface area contributed by atoms with E-state index in [4.69, 9.17) is 0 Å². The van der Waals surface area contributed by atoms with E-state index in [1.807, 2.05) is 37.3 Å². The van der Waals surface area contributed by atoms with Crippen LogP contribution in [0.3, 0.4) is 0 Å². The van der Waals surface area contributed by atoms with Crippen molar-refractivity contribution in [2.75, 3.05) is 6.26 Å². The summed E-state index contributed by atoms with van der Waals surface area (Å²) in [5.74, 6) is -0.524. The molecule has 0 bridgehead atoms. The third-order valence-corrected chi connectivity index (χ3v) is 9.40. The van der Waals surface area contributed by atoms with E-state index in [-0.39, 0.29) is 23.2 Å². The van der Waals surface area contributed by atoms with Crippen molar-refractivity contribution in [3.8, 4) is 11.1 Å². The number of rotatable bonds is 5. The molecule has 1 aromatic heterocycles. The van der Waals surface area contributed by atoms with Crippen LogP contribution in [0.4, 0.5) is 4.39 Å². The van der Waals surface area contributed by atoms with Gasteiger partial charge >= 0.3 is 0 Å². The minimum Gasteiger partial charge on any atom is -0.244 e. The highest BCUT2D eigenvalue weighted by Gasteiger charge is 2.40. The molecule has 4 rings (SSSR count). The second-order valence-corrected chi connectivity index (χ2v) is 12.4. The quantitative estimate of drug-likeness (QED) is 0.533. The Morgan fingerprint density at radius 2 is 1.73 bits per heavy atom. The number of benzene rings is 2. The van der Waals surface area contributed by atoms with Crippen molar-refractivity contribution >= 4 is 19.9 Å². The number of sulfone groups is 1. The Balaban J connectivity index is 1.60. The van der Waals surface area contributed by atoms with Crippen molar-refractivity contribution in [1.29, 1.82) is 0 Å². The largest absolute Gasteiger partial charge is 0.244 e. The molecule has 2 aromatic carbocycles. The van der Waals surface area contributed by atoms with E-state index in [1.165, 1.54) is 22.6 Å². The van der Waals surface area contributed by atoms with Gasteiger partial charge in [-0.15, -0.1) is 0 Å². The Bertz CT molecular complexity index is 1360. The molecular weight excluding hydrogens is 463 g/mol. The van der Waals surface area contributed by atoms with Crippen LogP contribution >= 0.6 is 0 Å². The zero-order chi connectivity index (χ0) is 23.8. The molecule has 0 saturated carbocycles. The summed E-state index contributed by atoms with van der Waals surface area (Å²) in [6.45, 7) is 1.80. The van der Waals surface area contributed by atoms with Gasteiger partial charge in [-0.3, -0.25) is 0 Å². The molecule has 1 saturated heterocycles. The van der Waals surface area contributed by atoms with E-state index in [0.29, 0.717) is 24.0 Å². The average molecular weight is 489 g/mol. The summed E-state index contributed by atoms with van der Waals surface area (Å²) in [5.41, 5.74) is 2.12. The highest BCUT2D eigenvalue weighted by molar-refractivity contribution is 7.90. The van der Waals surface area contributed by atoms with E-state index >= 15 is 4.39 Å². The minimum atomic E-state index is -3.66. The van der Waals surface area contributed by atoms with Crippen molar-refractivity contribution in [3.63, 3.8) is 0 Å². The van der Waals surface area contributed by atoms with E-state index in [2.05, 4.69) is 4.98 Å². The van der Waals surface area contributed by atoms with Gasteiger partial charge < -0.3 is 0 Å². The van der Waals surface area contributed by atoms with Crippen molar-refractivity contribution in [1.82, 2.24) is 9.29 Å². The van der Waals surface area contributed by atoms with Crippen LogP contribution in [0.25, 0.3) is 11.1 Å². The minimum absolute atomic E-state index is 0.0514. The number of halogens is 1. The molecule has 1 unspecified atom stereocenters. The van der Waals surface area contributed by atoms with Crippen LogP contribution in [0.1, 0.15) is 36.1 Å². The van der Waals surface area contributed by atoms with E-state index in [0.717, 1.165) is 11.8 Å². The van der Waals surface area contributed by atoms with Gasteiger partial charge in [0.15, 0.2) is 14.9 Å². The summed E-state index contributed by atoms with van der Waals surface area (Å²) in [4.78, 5) is 3.94. The molecule has 33 heavy (non-hydrogen) atoms. The van der Waals surface area contributed by atoms with E-state index < -0.39 is 30.9 Å². The van der Waals surface area contributed by atoms with Gasteiger partial charge in [-0.25, -0.2) is 26.2 Å². The molecule has 2 atom stereocenters. The lowest BCUT2D eigenvalue weighted by atomic mass is 10.0. The topological polar surface area (TPSA) is 84.4 Å². The van der Waals surface area contributed by atoms with Crippen LogP contribution in [0.5, 0.6) is 0 Å². The fraction of sp³-hybridized carbons (Fsp3) is 0.292. The molecule has 0 aliphatic carbocycles. The van der Waals surface area contributed by atoms with Crippen LogP contribution in [0.15, 0.2) is 71.9 Å². The number of sulfonamides is 1. The summed E-state index contributed by atoms with van der Waals surface area (Å²) >= 11 is 0. The Labute approximate surface area is 194 Å². The molecule has 9 heteroatoms. The first-order valence-electron chi connectivity index (χ1n) is 10.6. The monoisotopic (exact) mass is 488 g/mol. The van der Waals surface area contributed by atoms with Crippen molar-refractivity contribution in [3.05, 3.63) is 83.8 Å². The number of aromatic nitrogens is 1. The first kappa shape index (κ1) is 23.5. The van der Waals surface area contributed by atoms with Crippen LogP contribution < -0.4 is 0 Å². The number of pyridine rings is 1. The van der Waals surface area contributed by atoms with Crippen molar-refractivity contribution in [2.24, 2.45) is 0 Å². The molecule has 0 amide bonds.